The van der Waals surface area contributed by atoms with Gasteiger partial charge in [0, 0.05) is 12.5 Å². The lowest BCUT2D eigenvalue weighted by molar-refractivity contribution is -0.141. The summed E-state index contributed by atoms with van der Waals surface area (Å²) >= 11 is 0. The smallest absolute Gasteiger partial charge is 0.306 e. The third kappa shape index (κ3) is 2.55. The number of nitrogens with one attached hydrogen (secondary N) is 1. The molecule has 0 radical (unpaired) electrons. The van der Waals surface area contributed by atoms with Crippen LogP contribution in [0, 0.1) is 41.4 Å². The lowest BCUT2D eigenvalue weighted by Gasteiger charge is -2.54. The van der Waals surface area contributed by atoms with Crippen molar-refractivity contribution in [3.63, 3.8) is 0 Å². The fraction of sp³-hybridized carbons (Fsp3) is 0.889. The summed E-state index contributed by atoms with van der Waals surface area (Å²) < 4.78 is 0. The van der Waals surface area contributed by atoms with Gasteiger partial charge in [-0.25, -0.2) is 0 Å². The van der Waals surface area contributed by atoms with Crippen molar-refractivity contribution in [2.75, 3.05) is 6.54 Å². The first-order valence-electron chi connectivity index (χ1n) is 9.10. The van der Waals surface area contributed by atoms with Crippen molar-refractivity contribution < 1.29 is 14.7 Å². The fourth-order valence-corrected chi connectivity index (χ4v) is 6.18. The molecule has 0 aromatic heterocycles. The largest absolute Gasteiger partial charge is 0.481 e. The maximum atomic E-state index is 12.3. The number of aliphatic carboxylic acids is 1. The number of rotatable bonds is 4. The summed E-state index contributed by atoms with van der Waals surface area (Å²) in [6, 6.07) is 0. The first-order chi connectivity index (χ1) is 10.6. The molecule has 0 aromatic rings. The molecule has 5 aliphatic carbocycles. The summed E-state index contributed by atoms with van der Waals surface area (Å²) in [6.07, 6.45) is 8.94. The van der Waals surface area contributed by atoms with Crippen LogP contribution < -0.4 is 5.32 Å². The molecule has 4 nitrogen and oxygen atoms in total. The highest BCUT2D eigenvalue weighted by Gasteiger charge is 2.48. The van der Waals surface area contributed by atoms with E-state index in [1.165, 1.54) is 32.1 Å². The molecule has 0 spiro atoms. The number of amides is 1. The number of carbonyl (C=O) groups excluding carboxylic acids is 1. The molecular weight excluding hydrogens is 278 g/mol. The maximum absolute atomic E-state index is 12.3. The molecule has 122 valence electrons. The average Bonchev–Trinajstić information content (AvgIpc) is 2.95. The maximum Gasteiger partial charge on any atom is 0.306 e. The highest BCUT2D eigenvalue weighted by atomic mass is 16.4. The second-order valence-corrected chi connectivity index (χ2v) is 8.38. The van der Waals surface area contributed by atoms with E-state index in [4.69, 9.17) is 5.11 Å². The molecule has 5 rings (SSSR count). The third-order valence-electron chi connectivity index (χ3n) is 7.09. The van der Waals surface area contributed by atoms with Crippen molar-refractivity contribution in [2.24, 2.45) is 41.4 Å². The van der Waals surface area contributed by atoms with Crippen LogP contribution in [0.25, 0.3) is 0 Å². The molecule has 5 aliphatic rings. The fourth-order valence-electron chi connectivity index (χ4n) is 6.18. The van der Waals surface area contributed by atoms with Crippen LogP contribution in [0.2, 0.25) is 0 Å². The van der Waals surface area contributed by atoms with E-state index in [1.807, 2.05) is 0 Å². The molecule has 0 saturated heterocycles. The molecule has 5 fully saturated rings. The van der Waals surface area contributed by atoms with Crippen LogP contribution in [0.1, 0.15) is 51.4 Å². The van der Waals surface area contributed by atoms with E-state index in [0.717, 1.165) is 36.6 Å². The highest BCUT2D eigenvalue weighted by Crippen LogP contribution is 2.56. The Bertz CT molecular complexity index is 447. The van der Waals surface area contributed by atoms with Crippen LogP contribution in [0.5, 0.6) is 0 Å². The topological polar surface area (TPSA) is 66.4 Å². The van der Waals surface area contributed by atoms with Crippen LogP contribution in [0.15, 0.2) is 0 Å². The molecule has 0 heterocycles. The van der Waals surface area contributed by atoms with Crippen molar-refractivity contribution in [1.29, 1.82) is 0 Å². The number of hydrogen-bond donors (Lipinski definition) is 2. The van der Waals surface area contributed by atoms with Crippen molar-refractivity contribution in [1.82, 2.24) is 5.32 Å². The zero-order valence-electron chi connectivity index (χ0n) is 13.2. The molecule has 2 atom stereocenters. The van der Waals surface area contributed by atoms with Crippen LogP contribution in [-0.4, -0.2) is 23.5 Å². The lowest BCUT2D eigenvalue weighted by Crippen LogP contribution is -2.49. The van der Waals surface area contributed by atoms with Crippen LogP contribution in [-0.2, 0) is 9.59 Å². The summed E-state index contributed by atoms with van der Waals surface area (Å²) in [7, 11) is 0. The Hall–Kier alpha value is -1.06. The first-order valence-corrected chi connectivity index (χ1v) is 9.10. The predicted molar refractivity (Wildman–Crippen MR) is 82.0 cm³/mol. The van der Waals surface area contributed by atoms with E-state index in [9.17, 15) is 9.59 Å². The van der Waals surface area contributed by atoms with E-state index in [1.54, 1.807) is 0 Å². The number of carboxylic acids is 1. The summed E-state index contributed by atoms with van der Waals surface area (Å²) in [5, 5.41) is 12.2. The minimum Gasteiger partial charge on any atom is -0.481 e. The van der Waals surface area contributed by atoms with E-state index >= 15 is 0 Å². The standard InChI is InChI=1S/C18H27NO3/c20-17(12-1-2-13(8-12)18(21)22)19-9-16-14-4-10-3-11(6-14)7-15(16)5-10/h10-16H,1-9H2,(H,19,20)(H,21,22)/t10?,11?,12-,13+,14?,15?,16?/m0/s1. The van der Waals surface area contributed by atoms with Crippen LogP contribution in [0.3, 0.4) is 0 Å². The Labute approximate surface area is 132 Å². The lowest BCUT2D eigenvalue weighted by atomic mass is 9.52. The second-order valence-electron chi connectivity index (χ2n) is 8.38. The van der Waals surface area contributed by atoms with Crippen molar-refractivity contribution in [3.05, 3.63) is 0 Å². The Morgan fingerprint density at radius 3 is 2.00 bits per heavy atom. The molecule has 0 aromatic carbocycles. The number of hydrogen-bond acceptors (Lipinski definition) is 2. The molecule has 5 saturated carbocycles. The Balaban J connectivity index is 1.30. The zero-order chi connectivity index (χ0) is 15.3. The van der Waals surface area contributed by atoms with Crippen LogP contribution >= 0.6 is 0 Å². The molecule has 4 bridgehead atoms. The molecule has 4 heteroatoms. The van der Waals surface area contributed by atoms with E-state index in [-0.39, 0.29) is 17.7 Å². The van der Waals surface area contributed by atoms with Gasteiger partial charge in [-0.1, -0.05) is 0 Å². The number of carboxylic acid groups (broad SMARTS) is 1. The first kappa shape index (κ1) is 14.5. The minimum atomic E-state index is -0.740. The molecule has 2 N–H and O–H groups in total. The van der Waals surface area contributed by atoms with Gasteiger partial charge in [-0.3, -0.25) is 9.59 Å². The van der Waals surface area contributed by atoms with Gasteiger partial charge in [-0.15, -0.1) is 0 Å². The predicted octanol–water partition coefficient (Wildman–Crippen LogP) is 2.68. The summed E-state index contributed by atoms with van der Waals surface area (Å²) in [5.41, 5.74) is 0. The Kier molecular flexibility index (Phi) is 3.66. The van der Waals surface area contributed by atoms with Gasteiger partial charge in [-0.05, 0) is 81.0 Å². The van der Waals surface area contributed by atoms with Gasteiger partial charge in [-0.2, -0.15) is 0 Å². The summed E-state index contributed by atoms with van der Waals surface area (Å²) in [4.78, 5) is 23.4. The van der Waals surface area contributed by atoms with Gasteiger partial charge in [0.15, 0.2) is 0 Å². The highest BCUT2D eigenvalue weighted by molar-refractivity contribution is 5.80. The minimum absolute atomic E-state index is 0.0714. The monoisotopic (exact) mass is 305 g/mol. The van der Waals surface area contributed by atoms with Gasteiger partial charge in [0.25, 0.3) is 0 Å². The van der Waals surface area contributed by atoms with Crippen LogP contribution in [0.4, 0.5) is 0 Å². The Morgan fingerprint density at radius 1 is 0.864 bits per heavy atom. The normalized spacial score (nSPS) is 45.9. The van der Waals surface area contributed by atoms with E-state index in [2.05, 4.69) is 5.32 Å². The zero-order valence-corrected chi connectivity index (χ0v) is 13.2. The molecule has 0 unspecified atom stereocenters. The van der Waals surface area contributed by atoms with Gasteiger partial charge < -0.3 is 10.4 Å². The quantitative estimate of drug-likeness (QED) is 0.839. The van der Waals surface area contributed by atoms with Crippen molar-refractivity contribution in [3.8, 4) is 0 Å². The third-order valence-corrected chi connectivity index (χ3v) is 7.09. The van der Waals surface area contributed by atoms with Gasteiger partial charge >= 0.3 is 5.97 Å². The second kappa shape index (κ2) is 5.54. The molecule has 22 heavy (non-hydrogen) atoms. The van der Waals surface area contributed by atoms with Gasteiger partial charge in [0.05, 0.1) is 5.92 Å². The van der Waals surface area contributed by atoms with Crippen molar-refractivity contribution >= 4 is 11.9 Å². The average molecular weight is 305 g/mol. The Morgan fingerprint density at radius 2 is 1.45 bits per heavy atom. The van der Waals surface area contributed by atoms with E-state index in [0.29, 0.717) is 18.8 Å². The van der Waals surface area contributed by atoms with E-state index < -0.39 is 5.97 Å². The summed E-state index contributed by atoms with van der Waals surface area (Å²) in [5.74, 6) is 3.30. The van der Waals surface area contributed by atoms with Gasteiger partial charge in [0.1, 0.15) is 0 Å². The molecule has 0 aliphatic heterocycles. The number of carbonyl (C=O) groups is 2. The summed E-state index contributed by atoms with van der Waals surface area (Å²) in [6.45, 7) is 0.835. The van der Waals surface area contributed by atoms with Crippen molar-refractivity contribution in [2.45, 2.75) is 51.4 Å². The molecule has 1 amide bonds. The molecular formula is C18H27NO3. The SMILES string of the molecule is O=C(O)[C@@H]1CC[C@H](C(=O)NCC2C3CC4CC(C3)CC2C4)C1. The van der Waals surface area contributed by atoms with Gasteiger partial charge in [0.2, 0.25) is 5.91 Å².